The van der Waals surface area contributed by atoms with E-state index in [2.05, 4.69) is 9.71 Å². The summed E-state index contributed by atoms with van der Waals surface area (Å²) in [5.41, 5.74) is 2.29. The minimum absolute atomic E-state index is 0.0860. The van der Waals surface area contributed by atoms with Crippen LogP contribution in [-0.2, 0) is 21.4 Å². The first-order chi connectivity index (χ1) is 15.3. The van der Waals surface area contributed by atoms with Crippen LogP contribution in [0, 0.1) is 12.7 Å². The van der Waals surface area contributed by atoms with Gasteiger partial charge in [0.25, 0.3) is 10.0 Å². The third-order valence-corrected chi connectivity index (χ3v) is 7.24. The summed E-state index contributed by atoms with van der Waals surface area (Å²) in [4.78, 5) is 14.4. The lowest BCUT2D eigenvalue weighted by Gasteiger charge is -2.30. The van der Waals surface area contributed by atoms with Crippen molar-refractivity contribution in [3.63, 3.8) is 0 Å². The van der Waals surface area contributed by atoms with E-state index in [4.69, 9.17) is 0 Å². The molecule has 32 heavy (non-hydrogen) atoms. The maximum atomic E-state index is 13.7. The van der Waals surface area contributed by atoms with Gasteiger partial charge in [-0.05, 0) is 42.3 Å². The van der Waals surface area contributed by atoms with Gasteiger partial charge in [0.1, 0.15) is 10.7 Å². The highest BCUT2D eigenvalue weighted by Crippen LogP contribution is 2.35. The van der Waals surface area contributed by atoms with Gasteiger partial charge in [-0.3, -0.25) is 4.79 Å². The SMILES string of the molecule is Cc1ccc(NC(=O)CSC2=NS(=O)(=O)c3ccccc3N2Cc2ccccc2)cc1F. The van der Waals surface area contributed by atoms with Gasteiger partial charge in [-0.15, -0.1) is 4.40 Å². The normalized spacial score (nSPS) is 14.4. The molecule has 0 bridgehead atoms. The number of amidine groups is 1. The van der Waals surface area contributed by atoms with Crippen molar-refractivity contribution < 1.29 is 17.6 Å². The molecule has 3 aromatic carbocycles. The van der Waals surface area contributed by atoms with Crippen molar-refractivity contribution in [2.24, 2.45) is 4.40 Å². The number of hydrogen-bond donors (Lipinski definition) is 1. The zero-order valence-corrected chi connectivity index (χ0v) is 18.8. The highest BCUT2D eigenvalue weighted by atomic mass is 32.2. The summed E-state index contributed by atoms with van der Waals surface area (Å²) in [6.45, 7) is 2.03. The summed E-state index contributed by atoms with van der Waals surface area (Å²) in [6.07, 6.45) is 0. The summed E-state index contributed by atoms with van der Waals surface area (Å²) in [5.74, 6) is -0.891. The Morgan fingerprint density at radius 1 is 1.06 bits per heavy atom. The fraction of sp³-hybridized carbons (Fsp3) is 0.130. The molecule has 1 amide bonds. The predicted molar refractivity (Wildman–Crippen MR) is 126 cm³/mol. The van der Waals surface area contributed by atoms with Crippen molar-refractivity contribution in [1.29, 1.82) is 0 Å². The molecule has 0 spiro atoms. The number of carbonyl (C=O) groups is 1. The Balaban J connectivity index is 1.56. The number of hydrogen-bond acceptors (Lipinski definition) is 5. The summed E-state index contributed by atoms with van der Waals surface area (Å²) < 4.78 is 43.2. The molecule has 0 atom stereocenters. The first-order valence-corrected chi connectivity index (χ1v) is 12.2. The molecule has 0 aromatic heterocycles. The Kier molecular flexibility index (Phi) is 6.29. The van der Waals surface area contributed by atoms with E-state index in [0.717, 1.165) is 17.3 Å². The molecule has 3 aromatic rings. The highest BCUT2D eigenvalue weighted by molar-refractivity contribution is 8.15. The number of rotatable bonds is 5. The molecule has 1 aliphatic heterocycles. The molecule has 4 rings (SSSR count). The number of nitrogens with one attached hydrogen (secondary N) is 1. The molecule has 9 heteroatoms. The van der Waals surface area contributed by atoms with Crippen LogP contribution < -0.4 is 10.2 Å². The van der Waals surface area contributed by atoms with E-state index in [1.165, 1.54) is 12.1 Å². The molecule has 6 nitrogen and oxygen atoms in total. The third-order valence-electron chi connectivity index (χ3n) is 4.83. The van der Waals surface area contributed by atoms with Crippen molar-refractivity contribution in [3.8, 4) is 0 Å². The van der Waals surface area contributed by atoms with Gasteiger partial charge in [-0.25, -0.2) is 4.39 Å². The van der Waals surface area contributed by atoms with Crippen molar-refractivity contribution in [2.45, 2.75) is 18.4 Å². The number of benzene rings is 3. The van der Waals surface area contributed by atoms with Gasteiger partial charge in [0.05, 0.1) is 18.0 Å². The Bertz CT molecular complexity index is 1290. The molecule has 164 valence electrons. The van der Waals surface area contributed by atoms with Gasteiger partial charge in [-0.1, -0.05) is 60.3 Å². The summed E-state index contributed by atoms with van der Waals surface area (Å²) in [7, 11) is -3.89. The Hall–Kier alpha value is -3.17. The number of fused-ring (bicyclic) bond motifs is 1. The molecule has 0 aliphatic carbocycles. The highest BCUT2D eigenvalue weighted by Gasteiger charge is 2.31. The van der Waals surface area contributed by atoms with Crippen LogP contribution in [0.3, 0.4) is 0 Å². The van der Waals surface area contributed by atoms with Crippen LogP contribution in [0.2, 0.25) is 0 Å². The largest absolute Gasteiger partial charge is 0.325 e. The van der Waals surface area contributed by atoms with Crippen LogP contribution in [0.5, 0.6) is 0 Å². The number of sulfonamides is 1. The van der Waals surface area contributed by atoms with Crippen molar-refractivity contribution in [1.82, 2.24) is 0 Å². The van der Waals surface area contributed by atoms with Crippen LogP contribution in [-0.4, -0.2) is 25.2 Å². The molecule has 0 unspecified atom stereocenters. The average molecular weight is 470 g/mol. The first-order valence-electron chi connectivity index (χ1n) is 9.78. The lowest BCUT2D eigenvalue weighted by Crippen LogP contribution is -2.34. The number of aryl methyl sites for hydroxylation is 1. The third kappa shape index (κ3) is 4.84. The maximum absolute atomic E-state index is 13.7. The molecule has 0 radical (unpaired) electrons. The second-order valence-electron chi connectivity index (χ2n) is 7.19. The van der Waals surface area contributed by atoms with Crippen molar-refractivity contribution in [3.05, 3.63) is 89.7 Å². The monoisotopic (exact) mass is 469 g/mol. The Labute approximate surface area is 190 Å². The second-order valence-corrected chi connectivity index (χ2v) is 9.70. The molecule has 1 aliphatic rings. The molecule has 1 N–H and O–H groups in total. The number of thioether (sulfide) groups is 1. The number of nitrogens with zero attached hydrogens (tertiary/aromatic N) is 2. The second kappa shape index (κ2) is 9.13. The van der Waals surface area contributed by atoms with Crippen LogP contribution in [0.25, 0.3) is 0 Å². The Morgan fingerprint density at radius 2 is 1.78 bits per heavy atom. The van der Waals surface area contributed by atoms with Crippen LogP contribution in [0.15, 0.2) is 82.1 Å². The smallest absolute Gasteiger partial charge is 0.286 e. The van der Waals surface area contributed by atoms with E-state index in [-0.39, 0.29) is 15.8 Å². The molecular weight excluding hydrogens is 449 g/mol. The van der Waals surface area contributed by atoms with Crippen LogP contribution >= 0.6 is 11.8 Å². The van der Waals surface area contributed by atoms with Crippen LogP contribution in [0.1, 0.15) is 11.1 Å². The summed E-state index contributed by atoms with van der Waals surface area (Å²) in [6, 6.07) is 20.7. The molecule has 0 fully saturated rings. The number of para-hydroxylation sites is 1. The first kappa shape index (κ1) is 22.0. The zero-order valence-electron chi connectivity index (χ0n) is 17.2. The topological polar surface area (TPSA) is 78.8 Å². The molecule has 0 saturated heterocycles. The van der Waals surface area contributed by atoms with Crippen molar-refractivity contribution >= 4 is 44.2 Å². The van der Waals surface area contributed by atoms with Crippen LogP contribution in [0.4, 0.5) is 15.8 Å². The fourth-order valence-corrected chi connectivity index (χ4v) is 5.48. The van der Waals surface area contributed by atoms with E-state index in [1.807, 2.05) is 30.3 Å². The standard InChI is InChI=1S/C23H20FN3O3S2/c1-16-11-12-18(13-19(16)24)25-22(28)15-31-23-26-32(29,30)21-10-6-5-9-20(21)27(23)14-17-7-3-2-4-8-17/h2-13H,14-15H2,1H3,(H,25,28). The lowest BCUT2D eigenvalue weighted by atomic mass is 10.2. The molecular formula is C23H20FN3O3S2. The van der Waals surface area contributed by atoms with Gasteiger partial charge >= 0.3 is 0 Å². The van der Waals surface area contributed by atoms with E-state index in [9.17, 15) is 17.6 Å². The van der Waals surface area contributed by atoms with Gasteiger partial charge in [-0.2, -0.15) is 8.42 Å². The minimum Gasteiger partial charge on any atom is -0.325 e. The van der Waals surface area contributed by atoms with Gasteiger partial charge in [0.15, 0.2) is 5.17 Å². The number of anilines is 2. The van der Waals surface area contributed by atoms with E-state index in [0.29, 0.717) is 23.5 Å². The van der Waals surface area contributed by atoms with E-state index >= 15 is 0 Å². The fourth-order valence-electron chi connectivity index (χ4n) is 3.22. The van der Waals surface area contributed by atoms with Gasteiger partial charge in [0.2, 0.25) is 5.91 Å². The molecule has 0 saturated carbocycles. The van der Waals surface area contributed by atoms with E-state index < -0.39 is 21.7 Å². The van der Waals surface area contributed by atoms with E-state index in [1.54, 1.807) is 42.2 Å². The molecule has 1 heterocycles. The number of halogens is 1. The summed E-state index contributed by atoms with van der Waals surface area (Å²) in [5, 5.41) is 2.84. The minimum atomic E-state index is -3.89. The quantitative estimate of drug-likeness (QED) is 0.592. The van der Waals surface area contributed by atoms with Crippen molar-refractivity contribution in [2.75, 3.05) is 16.0 Å². The van der Waals surface area contributed by atoms with Gasteiger partial charge in [0, 0.05) is 5.69 Å². The maximum Gasteiger partial charge on any atom is 0.286 e. The summed E-state index contributed by atoms with van der Waals surface area (Å²) >= 11 is 1.02. The number of amides is 1. The zero-order chi connectivity index (χ0) is 22.7. The Morgan fingerprint density at radius 3 is 2.53 bits per heavy atom. The average Bonchev–Trinajstić information content (AvgIpc) is 2.78. The van der Waals surface area contributed by atoms with Gasteiger partial charge < -0.3 is 10.2 Å². The number of carbonyl (C=O) groups excluding carboxylic acids is 1. The lowest BCUT2D eigenvalue weighted by molar-refractivity contribution is -0.113. The predicted octanol–water partition coefficient (Wildman–Crippen LogP) is 4.57.